The van der Waals surface area contributed by atoms with E-state index in [9.17, 15) is 19.8 Å². The molecule has 3 N–H and O–H groups in total. The van der Waals surface area contributed by atoms with Crippen LogP contribution < -0.4 is 5.32 Å². The Bertz CT molecular complexity index is 1310. The molecule has 8 nitrogen and oxygen atoms in total. The van der Waals surface area contributed by atoms with Crippen LogP contribution in [0.25, 0.3) is 10.9 Å². The van der Waals surface area contributed by atoms with Crippen molar-refractivity contribution in [2.45, 2.75) is 6.54 Å². The number of aromatic nitrogens is 1. The normalized spacial score (nSPS) is 11.1. The Balaban J connectivity index is 1.52. The summed E-state index contributed by atoms with van der Waals surface area (Å²) in [5.74, 6) is -1.60. The molecule has 160 valence electrons. The van der Waals surface area contributed by atoms with Gasteiger partial charge in [0.05, 0.1) is 17.6 Å². The summed E-state index contributed by atoms with van der Waals surface area (Å²) in [5, 5.41) is 31.2. The number of para-hydroxylation sites is 2. The first-order valence-electron chi connectivity index (χ1n) is 9.89. The van der Waals surface area contributed by atoms with Gasteiger partial charge in [-0.2, -0.15) is 0 Å². The first-order valence-corrected chi connectivity index (χ1v) is 9.89. The average Bonchev–Trinajstić information content (AvgIpc) is 3.08. The second kappa shape index (κ2) is 9.13. The summed E-state index contributed by atoms with van der Waals surface area (Å²) < 4.78 is 1.70. The zero-order valence-electron chi connectivity index (χ0n) is 17.0. The number of azo groups is 1. The van der Waals surface area contributed by atoms with Crippen LogP contribution in [0.15, 0.2) is 89.1 Å². The number of carbonyl (C=O) groups is 2. The van der Waals surface area contributed by atoms with E-state index < -0.39 is 18.4 Å². The van der Waals surface area contributed by atoms with Crippen molar-refractivity contribution in [2.75, 3.05) is 6.54 Å². The van der Waals surface area contributed by atoms with Crippen LogP contribution in [0.4, 0.5) is 5.69 Å². The van der Waals surface area contributed by atoms with Crippen molar-refractivity contribution in [3.8, 4) is 11.6 Å². The third kappa shape index (κ3) is 4.34. The van der Waals surface area contributed by atoms with Gasteiger partial charge in [0.25, 0.3) is 11.8 Å². The van der Waals surface area contributed by atoms with E-state index in [1.54, 1.807) is 22.8 Å². The number of hydrogen-bond donors (Lipinski definition) is 3. The number of phenolic OH excluding ortho intramolecular Hbond substituents is 1. The average molecular weight is 428 g/mol. The van der Waals surface area contributed by atoms with Crippen molar-refractivity contribution in [3.63, 3.8) is 0 Å². The first-order chi connectivity index (χ1) is 15.5. The quantitative estimate of drug-likeness (QED) is 0.400. The van der Waals surface area contributed by atoms with Crippen LogP contribution in [0.2, 0.25) is 0 Å². The van der Waals surface area contributed by atoms with E-state index in [1.807, 2.05) is 48.5 Å². The maximum atomic E-state index is 12.2. The molecule has 2 amide bonds. The van der Waals surface area contributed by atoms with Gasteiger partial charge in [-0.3, -0.25) is 9.59 Å². The maximum absolute atomic E-state index is 12.2. The fourth-order valence-corrected chi connectivity index (χ4v) is 3.35. The fourth-order valence-electron chi connectivity index (χ4n) is 3.35. The van der Waals surface area contributed by atoms with E-state index in [1.165, 1.54) is 12.1 Å². The molecule has 32 heavy (non-hydrogen) atoms. The Morgan fingerprint density at radius 2 is 1.56 bits per heavy atom. The lowest BCUT2D eigenvalue weighted by molar-refractivity contribution is -0.117. The van der Waals surface area contributed by atoms with Crippen molar-refractivity contribution in [2.24, 2.45) is 10.2 Å². The van der Waals surface area contributed by atoms with Crippen LogP contribution in [0.1, 0.15) is 15.9 Å². The van der Waals surface area contributed by atoms with Gasteiger partial charge >= 0.3 is 0 Å². The molecule has 3 aromatic carbocycles. The maximum Gasteiger partial charge on any atom is 0.283 e. The summed E-state index contributed by atoms with van der Waals surface area (Å²) in [6.45, 7) is 0.0212. The molecule has 0 atom stereocenters. The van der Waals surface area contributed by atoms with Gasteiger partial charge in [-0.1, -0.05) is 60.7 Å². The highest BCUT2D eigenvalue weighted by Gasteiger charge is 2.17. The second-order valence-corrected chi connectivity index (χ2v) is 7.05. The molecule has 0 aliphatic rings. The van der Waals surface area contributed by atoms with Crippen LogP contribution in [0.3, 0.4) is 0 Å². The van der Waals surface area contributed by atoms with Gasteiger partial charge in [-0.15, -0.1) is 10.2 Å². The minimum absolute atomic E-state index is 0.0545. The van der Waals surface area contributed by atoms with E-state index >= 15 is 0 Å². The van der Waals surface area contributed by atoms with E-state index in [2.05, 4.69) is 15.5 Å². The number of rotatable bonds is 6. The van der Waals surface area contributed by atoms with E-state index in [0.717, 1.165) is 11.1 Å². The largest absolute Gasteiger partial charge is 0.507 e. The number of benzene rings is 3. The molecular weight excluding hydrogens is 408 g/mol. The molecule has 0 saturated heterocycles. The smallest absolute Gasteiger partial charge is 0.283 e. The zero-order valence-corrected chi connectivity index (χ0v) is 17.0. The van der Waals surface area contributed by atoms with Crippen molar-refractivity contribution in [1.82, 2.24) is 9.88 Å². The minimum atomic E-state index is -0.701. The van der Waals surface area contributed by atoms with Gasteiger partial charge in [0.2, 0.25) is 5.88 Å². The van der Waals surface area contributed by atoms with Crippen LogP contribution in [-0.4, -0.2) is 33.1 Å². The third-order valence-corrected chi connectivity index (χ3v) is 4.91. The fraction of sp³-hybridized carbons (Fsp3) is 0.0833. The van der Waals surface area contributed by atoms with Gasteiger partial charge in [0.1, 0.15) is 12.3 Å². The van der Waals surface area contributed by atoms with Gasteiger partial charge in [-0.25, -0.2) is 0 Å². The van der Waals surface area contributed by atoms with Crippen LogP contribution in [-0.2, 0) is 11.3 Å². The molecule has 0 bridgehead atoms. The van der Waals surface area contributed by atoms with Crippen LogP contribution in [0.5, 0.6) is 11.6 Å². The Hall–Kier alpha value is -4.46. The number of amides is 2. The van der Waals surface area contributed by atoms with E-state index in [0.29, 0.717) is 11.9 Å². The molecule has 1 heterocycles. The Morgan fingerprint density at radius 3 is 2.34 bits per heavy atom. The summed E-state index contributed by atoms with van der Waals surface area (Å²) in [5.41, 5.74) is 1.98. The summed E-state index contributed by atoms with van der Waals surface area (Å²) in [4.78, 5) is 24.3. The molecule has 0 saturated carbocycles. The standard InChI is InChI=1S/C24H20N4O4/c29-20-13-7-5-11-18(20)23(31)25-14-21(30)26-27-22-17-10-4-6-12-19(17)28(24(22)32)15-16-8-2-1-3-9-16/h1-13,29,32H,14-15H2,(H,25,31). The molecule has 0 fully saturated rings. The number of aromatic hydroxyl groups is 2. The molecule has 4 aromatic rings. The van der Waals surface area contributed by atoms with E-state index in [4.69, 9.17) is 0 Å². The van der Waals surface area contributed by atoms with Crippen LogP contribution in [0, 0.1) is 0 Å². The van der Waals surface area contributed by atoms with Crippen molar-refractivity contribution >= 4 is 28.4 Å². The highest BCUT2D eigenvalue weighted by Crippen LogP contribution is 2.39. The number of fused-ring (bicyclic) bond motifs is 1. The number of nitrogens with zero attached hydrogens (tertiary/aromatic N) is 3. The number of carbonyl (C=O) groups excluding carboxylic acids is 2. The van der Waals surface area contributed by atoms with Gasteiger partial charge in [0.15, 0.2) is 5.69 Å². The number of nitrogens with one attached hydrogen (secondary N) is 1. The Kier molecular flexibility index (Phi) is 5.94. The monoisotopic (exact) mass is 428 g/mol. The van der Waals surface area contributed by atoms with Crippen molar-refractivity contribution in [3.05, 3.63) is 90.0 Å². The van der Waals surface area contributed by atoms with Gasteiger partial charge < -0.3 is 20.1 Å². The lowest BCUT2D eigenvalue weighted by Crippen LogP contribution is -2.28. The molecule has 0 aliphatic carbocycles. The first kappa shape index (κ1) is 20.8. The predicted octanol–water partition coefficient (Wildman–Crippen LogP) is 4.14. The summed E-state index contributed by atoms with van der Waals surface area (Å²) in [6.07, 6.45) is 0. The molecule has 0 radical (unpaired) electrons. The molecule has 0 aliphatic heterocycles. The third-order valence-electron chi connectivity index (χ3n) is 4.91. The molecule has 4 rings (SSSR count). The molecule has 8 heteroatoms. The lowest BCUT2D eigenvalue weighted by atomic mass is 10.2. The van der Waals surface area contributed by atoms with Crippen LogP contribution >= 0.6 is 0 Å². The Morgan fingerprint density at radius 1 is 0.875 bits per heavy atom. The SMILES string of the molecule is O=C(CNC(=O)c1ccccc1O)N=Nc1c(O)n(Cc2ccccc2)c2ccccc12. The lowest BCUT2D eigenvalue weighted by Gasteiger charge is -2.06. The van der Waals surface area contributed by atoms with Crippen molar-refractivity contribution in [1.29, 1.82) is 0 Å². The molecule has 0 spiro atoms. The summed E-state index contributed by atoms with van der Waals surface area (Å²) in [7, 11) is 0. The number of hydrogen-bond acceptors (Lipinski definition) is 5. The predicted molar refractivity (Wildman–Crippen MR) is 119 cm³/mol. The van der Waals surface area contributed by atoms with E-state index in [-0.39, 0.29) is 22.9 Å². The van der Waals surface area contributed by atoms with Crippen molar-refractivity contribution < 1.29 is 19.8 Å². The minimum Gasteiger partial charge on any atom is -0.507 e. The molecule has 0 unspecified atom stereocenters. The molecular formula is C24H20N4O4. The molecule has 1 aromatic heterocycles. The Labute approximate surface area is 183 Å². The van der Waals surface area contributed by atoms with Gasteiger partial charge in [-0.05, 0) is 23.8 Å². The van der Waals surface area contributed by atoms with Gasteiger partial charge in [0, 0.05) is 5.39 Å². The summed E-state index contributed by atoms with van der Waals surface area (Å²) >= 11 is 0. The highest BCUT2D eigenvalue weighted by atomic mass is 16.3. The zero-order chi connectivity index (χ0) is 22.5. The number of phenols is 1. The summed E-state index contributed by atoms with van der Waals surface area (Å²) in [6, 6.07) is 23.0. The topological polar surface area (TPSA) is 116 Å². The highest BCUT2D eigenvalue weighted by molar-refractivity contribution is 5.99. The second-order valence-electron chi connectivity index (χ2n) is 7.05.